The lowest BCUT2D eigenvalue weighted by Crippen LogP contribution is -2.53. The Kier molecular flexibility index (Phi) is 4.94. The molecule has 0 radical (unpaired) electrons. The standard InChI is InChI=1S/C27H37O3S/c1-25(2,3)24(29)30-20-9-6-17(7-10-20)16-31-21-11-8-18(14-21)23(31)27-13-12-19(15-22(27)28)26(27,4)5/h6-7,9-10,18-19,21,23H,8,11-16H2,1-5H3/q+1/t18-,19-,21+,23+,27+,31?/m0/s1. The normalized spacial score (nSPS) is 38.1. The van der Waals surface area contributed by atoms with E-state index < -0.39 is 5.41 Å². The number of ketones is 1. The topological polar surface area (TPSA) is 43.4 Å². The van der Waals surface area contributed by atoms with Gasteiger partial charge in [-0.1, -0.05) is 26.0 Å². The second-order valence-corrected chi connectivity index (χ2v) is 14.5. The van der Waals surface area contributed by atoms with Gasteiger partial charge < -0.3 is 4.74 Å². The van der Waals surface area contributed by atoms with Gasteiger partial charge in [-0.3, -0.25) is 9.59 Å². The molecule has 4 bridgehead atoms. The minimum absolute atomic E-state index is 0.0667. The monoisotopic (exact) mass is 441 g/mol. The summed E-state index contributed by atoms with van der Waals surface area (Å²) in [6.45, 7) is 10.4. The van der Waals surface area contributed by atoms with Gasteiger partial charge in [-0.15, -0.1) is 0 Å². The molecule has 0 spiro atoms. The van der Waals surface area contributed by atoms with Crippen LogP contribution in [-0.4, -0.2) is 22.3 Å². The van der Waals surface area contributed by atoms with Gasteiger partial charge in [-0.25, -0.2) is 0 Å². The predicted octanol–water partition coefficient (Wildman–Crippen LogP) is 5.70. The van der Waals surface area contributed by atoms with Gasteiger partial charge in [0.1, 0.15) is 27.8 Å². The number of carbonyl (C=O) groups is 2. The largest absolute Gasteiger partial charge is 0.426 e. The zero-order chi connectivity index (χ0) is 22.2. The first-order valence-corrected chi connectivity index (χ1v) is 13.6. The fourth-order valence-electron chi connectivity index (χ4n) is 7.33. The van der Waals surface area contributed by atoms with Crippen molar-refractivity contribution in [1.82, 2.24) is 0 Å². The van der Waals surface area contributed by atoms with Crippen molar-refractivity contribution in [1.29, 1.82) is 0 Å². The smallest absolute Gasteiger partial charge is 0.316 e. The van der Waals surface area contributed by atoms with Gasteiger partial charge >= 0.3 is 5.97 Å². The number of rotatable bonds is 4. The summed E-state index contributed by atoms with van der Waals surface area (Å²) < 4.78 is 5.55. The molecule has 0 N–H and O–H groups in total. The molecule has 1 unspecified atom stereocenters. The molecule has 3 saturated carbocycles. The zero-order valence-corrected chi connectivity index (χ0v) is 20.5. The van der Waals surface area contributed by atoms with Crippen molar-refractivity contribution in [2.45, 2.75) is 89.4 Å². The van der Waals surface area contributed by atoms with E-state index in [1.165, 1.54) is 31.2 Å². The maximum Gasteiger partial charge on any atom is 0.316 e. The van der Waals surface area contributed by atoms with Crippen molar-refractivity contribution in [3.05, 3.63) is 29.8 Å². The first-order chi connectivity index (χ1) is 14.5. The predicted molar refractivity (Wildman–Crippen MR) is 126 cm³/mol. The van der Waals surface area contributed by atoms with Crippen molar-refractivity contribution in [2.24, 2.45) is 28.1 Å². The molecule has 1 aliphatic heterocycles. The molecule has 5 rings (SSSR count). The molecule has 1 saturated heterocycles. The first-order valence-electron chi connectivity index (χ1n) is 12.1. The highest BCUT2D eigenvalue weighted by Crippen LogP contribution is 2.70. The molecule has 3 nitrogen and oxygen atoms in total. The van der Waals surface area contributed by atoms with Crippen LogP contribution in [-0.2, 0) is 26.2 Å². The summed E-state index contributed by atoms with van der Waals surface area (Å²) in [6.07, 6.45) is 7.22. The van der Waals surface area contributed by atoms with E-state index in [2.05, 4.69) is 26.0 Å². The van der Waals surface area contributed by atoms with Gasteiger partial charge in [0.05, 0.1) is 10.8 Å². The van der Waals surface area contributed by atoms with Gasteiger partial charge in [-0.05, 0) is 80.8 Å². The van der Waals surface area contributed by atoms with Crippen molar-refractivity contribution < 1.29 is 14.3 Å². The highest BCUT2D eigenvalue weighted by molar-refractivity contribution is 7.97. The molecule has 6 atom stereocenters. The van der Waals surface area contributed by atoms with Crippen molar-refractivity contribution in [3.8, 4) is 5.75 Å². The molecule has 4 fully saturated rings. The number of Topliss-reactive ketones (excluding diaryl/α,β-unsaturated/α-hetero) is 1. The Hall–Kier alpha value is -1.29. The first kappa shape index (κ1) is 21.6. The minimum Gasteiger partial charge on any atom is -0.426 e. The maximum atomic E-state index is 13.4. The minimum atomic E-state index is -0.505. The van der Waals surface area contributed by atoms with Crippen LogP contribution in [0.1, 0.15) is 78.7 Å². The van der Waals surface area contributed by atoms with Gasteiger partial charge in [0.25, 0.3) is 0 Å². The lowest BCUT2D eigenvalue weighted by Gasteiger charge is -2.43. The third-order valence-corrected chi connectivity index (χ3v) is 12.6. The SMILES string of the molecule is CC(C)(C)C(=O)Oc1ccc(C[S+]2[C@@H]3CC[C@@H](C3)[C@@H]2[C@@]23CC[C@@H](CC2=O)C3(C)C)cc1. The summed E-state index contributed by atoms with van der Waals surface area (Å²) in [5.41, 5.74) is 0.916. The highest BCUT2D eigenvalue weighted by atomic mass is 32.2. The van der Waals surface area contributed by atoms with Crippen LogP contribution in [0.5, 0.6) is 5.75 Å². The van der Waals surface area contributed by atoms with Gasteiger partial charge in [0, 0.05) is 24.3 Å². The van der Waals surface area contributed by atoms with E-state index in [0.717, 1.165) is 29.8 Å². The Labute approximate surface area is 190 Å². The van der Waals surface area contributed by atoms with Crippen molar-refractivity contribution >= 4 is 22.6 Å². The van der Waals surface area contributed by atoms with E-state index in [4.69, 9.17) is 4.74 Å². The average Bonchev–Trinajstić information content (AvgIpc) is 3.40. The van der Waals surface area contributed by atoms with Crippen LogP contribution < -0.4 is 4.74 Å². The number of esters is 1. The van der Waals surface area contributed by atoms with E-state index >= 15 is 0 Å². The van der Waals surface area contributed by atoms with Crippen LogP contribution in [0.4, 0.5) is 0 Å². The number of carbonyl (C=O) groups excluding carboxylic acids is 2. The molecule has 0 amide bonds. The second-order valence-electron chi connectivity index (χ2n) is 12.1. The van der Waals surface area contributed by atoms with E-state index in [1.54, 1.807) is 0 Å². The van der Waals surface area contributed by atoms with Gasteiger partial charge in [0.15, 0.2) is 0 Å². The number of hydrogen-bond donors (Lipinski definition) is 0. The van der Waals surface area contributed by atoms with Crippen molar-refractivity contribution in [2.75, 3.05) is 0 Å². The summed E-state index contributed by atoms with van der Waals surface area (Å²) in [4.78, 5) is 25.6. The Morgan fingerprint density at radius 3 is 2.42 bits per heavy atom. The number of benzene rings is 1. The molecule has 0 aromatic heterocycles. The Morgan fingerprint density at radius 1 is 1.13 bits per heavy atom. The number of hydrogen-bond acceptors (Lipinski definition) is 3. The molecule has 1 heterocycles. The van der Waals surface area contributed by atoms with Crippen molar-refractivity contribution in [3.63, 3.8) is 0 Å². The fraction of sp³-hybridized carbons (Fsp3) is 0.704. The molecule has 168 valence electrons. The summed E-state index contributed by atoms with van der Waals surface area (Å²) in [5.74, 6) is 3.44. The van der Waals surface area contributed by atoms with Crippen LogP contribution in [0.2, 0.25) is 0 Å². The van der Waals surface area contributed by atoms with Crippen LogP contribution in [0.25, 0.3) is 0 Å². The van der Waals surface area contributed by atoms with Gasteiger partial charge in [0.2, 0.25) is 0 Å². The van der Waals surface area contributed by atoms with Crippen LogP contribution >= 0.6 is 0 Å². The zero-order valence-electron chi connectivity index (χ0n) is 19.7. The lowest BCUT2D eigenvalue weighted by atomic mass is 9.64. The summed E-state index contributed by atoms with van der Waals surface area (Å²) in [5, 5.41) is 1.38. The third-order valence-electron chi connectivity index (χ3n) is 9.16. The van der Waals surface area contributed by atoms with Gasteiger partial charge in [-0.2, -0.15) is 0 Å². The van der Waals surface area contributed by atoms with E-state index in [0.29, 0.717) is 22.7 Å². The molecule has 31 heavy (non-hydrogen) atoms. The van der Waals surface area contributed by atoms with Crippen LogP contribution in [0.15, 0.2) is 24.3 Å². The quantitative estimate of drug-likeness (QED) is 0.342. The molecule has 4 aliphatic rings. The maximum absolute atomic E-state index is 13.4. The van der Waals surface area contributed by atoms with E-state index in [-0.39, 0.29) is 27.7 Å². The molecular formula is C27H37O3S+. The number of ether oxygens (including phenoxy) is 1. The van der Waals surface area contributed by atoms with E-state index in [1.807, 2.05) is 32.9 Å². The Balaban J connectivity index is 1.38. The third kappa shape index (κ3) is 3.14. The average molecular weight is 442 g/mol. The molecule has 1 aromatic carbocycles. The number of fused-ring (bicyclic) bond motifs is 4. The highest BCUT2D eigenvalue weighted by Gasteiger charge is 2.75. The van der Waals surface area contributed by atoms with Crippen LogP contribution in [0, 0.1) is 28.1 Å². The van der Waals surface area contributed by atoms with E-state index in [9.17, 15) is 9.59 Å². The second kappa shape index (κ2) is 7.10. The van der Waals surface area contributed by atoms with Crippen LogP contribution in [0.3, 0.4) is 0 Å². The Bertz CT molecular complexity index is 896. The molecular weight excluding hydrogens is 404 g/mol. The summed E-state index contributed by atoms with van der Waals surface area (Å²) >= 11 is 0. The molecule has 3 aliphatic carbocycles. The Morgan fingerprint density at radius 2 is 1.84 bits per heavy atom. The lowest BCUT2D eigenvalue weighted by molar-refractivity contribution is -0.143. The summed E-state index contributed by atoms with van der Waals surface area (Å²) in [7, 11) is 0.266. The summed E-state index contributed by atoms with van der Waals surface area (Å²) in [6, 6.07) is 8.16. The molecule has 1 aromatic rings. The fourth-order valence-corrected chi connectivity index (χ4v) is 11.5. The molecule has 4 heteroatoms.